The van der Waals surface area contributed by atoms with Crippen LogP contribution in [0.1, 0.15) is 11.4 Å². The fraction of sp³-hybridized carbons (Fsp3) is 0.333. The molecule has 2 heterocycles. The predicted molar refractivity (Wildman–Crippen MR) is 31.5 cm³/mol. The van der Waals surface area contributed by atoms with Crippen molar-refractivity contribution in [2.45, 2.75) is 12.8 Å². The molecule has 2 bridgehead atoms. The summed E-state index contributed by atoms with van der Waals surface area (Å²) >= 11 is 0. The molecule has 1 aliphatic rings. The van der Waals surface area contributed by atoms with Crippen LogP contribution in [0.4, 0.5) is 0 Å². The molecule has 0 amide bonds. The van der Waals surface area contributed by atoms with E-state index in [1.54, 1.807) is 0 Å². The molecular weight excluding hydrogens is 118 g/mol. The molecule has 1 aliphatic heterocycles. The largest absolute Gasteiger partial charge is 0.503 e. The summed E-state index contributed by atoms with van der Waals surface area (Å²) in [4.78, 5) is 2.89. The van der Waals surface area contributed by atoms with Gasteiger partial charge in [0.25, 0.3) is 0 Å². The quantitative estimate of drug-likeness (QED) is 0.473. The second-order valence-corrected chi connectivity index (χ2v) is 2.28. The van der Waals surface area contributed by atoms with Gasteiger partial charge in [0.1, 0.15) is 0 Å². The highest BCUT2D eigenvalue weighted by Crippen LogP contribution is 2.38. The third kappa shape index (κ3) is 0.415. The Balaban J connectivity index is 2.71. The van der Waals surface area contributed by atoms with Crippen LogP contribution in [0.5, 0.6) is 11.5 Å². The lowest BCUT2D eigenvalue weighted by Gasteiger charge is -1.98. The van der Waals surface area contributed by atoms with Gasteiger partial charge in [0.2, 0.25) is 0 Å². The first-order chi connectivity index (χ1) is 4.29. The minimum absolute atomic E-state index is 0.0382. The first-order valence-corrected chi connectivity index (χ1v) is 2.90. The van der Waals surface area contributed by atoms with Gasteiger partial charge in [-0.3, -0.25) is 0 Å². The van der Waals surface area contributed by atoms with Gasteiger partial charge in [-0.05, 0) is 12.8 Å². The maximum absolute atomic E-state index is 9.00. The molecule has 1 aromatic heterocycles. The molecule has 0 fully saturated rings. The molecule has 0 aliphatic carbocycles. The van der Waals surface area contributed by atoms with Crippen LogP contribution in [0.15, 0.2) is 0 Å². The van der Waals surface area contributed by atoms with Crippen molar-refractivity contribution in [3.63, 3.8) is 0 Å². The predicted octanol–water partition coefficient (Wildman–Crippen LogP) is 0.524. The number of hydrogen-bond donors (Lipinski definition) is 3. The van der Waals surface area contributed by atoms with Crippen LogP contribution in [0.25, 0.3) is 0 Å². The first kappa shape index (κ1) is 4.73. The van der Waals surface area contributed by atoms with Crippen LogP contribution >= 0.6 is 0 Å². The van der Waals surface area contributed by atoms with Gasteiger partial charge < -0.3 is 15.2 Å². The van der Waals surface area contributed by atoms with E-state index in [-0.39, 0.29) is 11.5 Å². The number of H-pyrrole nitrogens is 1. The Morgan fingerprint density at radius 2 is 1.44 bits per heavy atom. The second-order valence-electron chi connectivity index (χ2n) is 2.28. The zero-order valence-electron chi connectivity index (χ0n) is 4.81. The molecular formula is C6H7NO2. The maximum Gasteiger partial charge on any atom is 0.179 e. The normalized spacial score (nSPS) is 14.7. The molecule has 3 heteroatoms. The summed E-state index contributed by atoms with van der Waals surface area (Å²) < 4.78 is 0. The van der Waals surface area contributed by atoms with Crippen LogP contribution < -0.4 is 0 Å². The Bertz CT molecular complexity index is 227. The molecule has 1 aromatic rings. The Kier molecular flexibility index (Phi) is 0.649. The second kappa shape index (κ2) is 1.23. The Morgan fingerprint density at radius 1 is 1.00 bits per heavy atom. The van der Waals surface area contributed by atoms with Gasteiger partial charge in [0.05, 0.1) is 11.4 Å². The smallest absolute Gasteiger partial charge is 0.179 e. The van der Waals surface area contributed by atoms with Crippen molar-refractivity contribution >= 4 is 0 Å². The molecule has 0 saturated heterocycles. The lowest BCUT2D eigenvalue weighted by molar-refractivity contribution is 0.396. The molecule has 0 saturated carbocycles. The summed E-state index contributed by atoms with van der Waals surface area (Å²) in [5.41, 5.74) is 1.53. The van der Waals surface area contributed by atoms with Crippen molar-refractivity contribution in [3.05, 3.63) is 11.4 Å². The molecule has 0 atom stereocenters. The third-order valence-electron chi connectivity index (χ3n) is 1.72. The van der Waals surface area contributed by atoms with Crippen LogP contribution in [0, 0.1) is 0 Å². The number of hydrogen-bond acceptors (Lipinski definition) is 2. The van der Waals surface area contributed by atoms with E-state index in [0.29, 0.717) is 0 Å². The topological polar surface area (TPSA) is 56.2 Å². The average Bonchev–Trinajstić information content (AvgIpc) is 2.37. The number of aromatic hydroxyl groups is 2. The van der Waals surface area contributed by atoms with E-state index < -0.39 is 0 Å². The Hall–Kier alpha value is -1.12. The van der Waals surface area contributed by atoms with E-state index in [4.69, 9.17) is 10.2 Å². The number of fused-ring (bicyclic) bond motifs is 2. The van der Waals surface area contributed by atoms with Crippen LogP contribution in [0.2, 0.25) is 0 Å². The van der Waals surface area contributed by atoms with Gasteiger partial charge in [-0.1, -0.05) is 0 Å². The SMILES string of the molecule is Oc1c2[nH]c(c1O)CC2. The van der Waals surface area contributed by atoms with Crippen molar-refractivity contribution in [2.24, 2.45) is 0 Å². The molecule has 3 nitrogen and oxygen atoms in total. The van der Waals surface area contributed by atoms with E-state index in [1.807, 2.05) is 0 Å². The van der Waals surface area contributed by atoms with E-state index in [1.165, 1.54) is 0 Å². The van der Waals surface area contributed by atoms with Crippen molar-refractivity contribution in [1.29, 1.82) is 0 Å². The minimum atomic E-state index is 0.0382. The number of nitrogens with one attached hydrogen (secondary N) is 1. The van der Waals surface area contributed by atoms with Gasteiger partial charge in [-0.15, -0.1) is 0 Å². The van der Waals surface area contributed by atoms with Gasteiger partial charge in [-0.2, -0.15) is 0 Å². The van der Waals surface area contributed by atoms with Crippen molar-refractivity contribution in [1.82, 2.24) is 4.98 Å². The number of aryl methyl sites for hydroxylation is 2. The molecule has 3 N–H and O–H groups in total. The monoisotopic (exact) mass is 125 g/mol. The van der Waals surface area contributed by atoms with Crippen molar-refractivity contribution in [3.8, 4) is 11.5 Å². The summed E-state index contributed by atoms with van der Waals surface area (Å²) in [6.07, 6.45) is 1.68. The zero-order chi connectivity index (χ0) is 6.43. The summed E-state index contributed by atoms with van der Waals surface area (Å²) in [5.74, 6) is 0.0764. The zero-order valence-corrected chi connectivity index (χ0v) is 4.81. The van der Waals surface area contributed by atoms with Gasteiger partial charge in [-0.25, -0.2) is 0 Å². The molecule has 0 radical (unpaired) electrons. The van der Waals surface area contributed by atoms with E-state index in [0.717, 1.165) is 24.2 Å². The van der Waals surface area contributed by atoms with Gasteiger partial charge in [0, 0.05) is 0 Å². The number of rotatable bonds is 0. The van der Waals surface area contributed by atoms with Crippen molar-refractivity contribution in [2.75, 3.05) is 0 Å². The molecule has 0 aromatic carbocycles. The fourth-order valence-corrected chi connectivity index (χ4v) is 1.20. The van der Waals surface area contributed by atoms with E-state index in [2.05, 4.69) is 4.98 Å². The number of aromatic nitrogens is 1. The molecule has 0 spiro atoms. The van der Waals surface area contributed by atoms with Crippen LogP contribution in [-0.4, -0.2) is 15.2 Å². The summed E-state index contributed by atoms with van der Waals surface area (Å²) in [7, 11) is 0. The highest BCUT2D eigenvalue weighted by atomic mass is 16.3. The third-order valence-corrected chi connectivity index (χ3v) is 1.72. The average molecular weight is 125 g/mol. The summed E-state index contributed by atoms with van der Waals surface area (Å²) in [5, 5.41) is 18.0. The molecule has 2 rings (SSSR count). The highest BCUT2D eigenvalue weighted by molar-refractivity contribution is 5.50. The molecule has 0 unspecified atom stereocenters. The van der Waals surface area contributed by atoms with Gasteiger partial charge in [0.15, 0.2) is 11.5 Å². The Morgan fingerprint density at radius 3 is 1.67 bits per heavy atom. The molecule has 9 heavy (non-hydrogen) atoms. The van der Waals surface area contributed by atoms with E-state index >= 15 is 0 Å². The maximum atomic E-state index is 9.00. The Labute approximate surface area is 52.0 Å². The standard InChI is InChI=1S/C6H7NO2/c8-5-3-1-2-4(7-3)6(5)9/h7-9H,1-2H2. The van der Waals surface area contributed by atoms with Gasteiger partial charge >= 0.3 is 0 Å². The van der Waals surface area contributed by atoms with Crippen molar-refractivity contribution < 1.29 is 10.2 Å². The highest BCUT2D eigenvalue weighted by Gasteiger charge is 2.21. The van der Waals surface area contributed by atoms with E-state index in [9.17, 15) is 0 Å². The lowest BCUT2D eigenvalue weighted by Crippen LogP contribution is -1.84. The van der Waals surface area contributed by atoms with Crippen LogP contribution in [0.3, 0.4) is 0 Å². The first-order valence-electron chi connectivity index (χ1n) is 2.90. The molecule has 48 valence electrons. The number of aromatic amines is 1. The fourth-order valence-electron chi connectivity index (χ4n) is 1.20. The lowest BCUT2D eigenvalue weighted by atomic mass is 10.1. The summed E-state index contributed by atoms with van der Waals surface area (Å²) in [6.45, 7) is 0. The summed E-state index contributed by atoms with van der Waals surface area (Å²) in [6, 6.07) is 0. The van der Waals surface area contributed by atoms with Crippen LogP contribution in [-0.2, 0) is 12.8 Å². The minimum Gasteiger partial charge on any atom is -0.503 e.